The molecule has 1 aromatic heterocycles. The maximum atomic E-state index is 9.43. The van der Waals surface area contributed by atoms with Gasteiger partial charge in [-0.3, -0.25) is 0 Å². The van der Waals surface area contributed by atoms with Gasteiger partial charge < -0.3 is 10.0 Å². The summed E-state index contributed by atoms with van der Waals surface area (Å²) >= 11 is 1.67. The van der Waals surface area contributed by atoms with Crippen LogP contribution in [0.15, 0.2) is 0 Å². The van der Waals surface area contributed by atoms with E-state index in [1.54, 1.807) is 11.3 Å². The molecule has 1 N–H and O–H groups in total. The van der Waals surface area contributed by atoms with Crippen molar-refractivity contribution < 1.29 is 5.11 Å². The lowest BCUT2D eigenvalue weighted by Crippen LogP contribution is -2.25. The lowest BCUT2D eigenvalue weighted by molar-refractivity contribution is 0.263. The molecule has 0 saturated carbocycles. The number of hydrogen-bond donors (Lipinski definition) is 1. The Labute approximate surface area is 120 Å². The van der Waals surface area contributed by atoms with E-state index in [9.17, 15) is 5.11 Å². The molecule has 1 saturated heterocycles. The summed E-state index contributed by atoms with van der Waals surface area (Å²) in [6, 6.07) is 0. The fourth-order valence-electron chi connectivity index (χ4n) is 2.70. The molecule has 3 nitrogen and oxygen atoms in total. The Morgan fingerprint density at radius 1 is 1.42 bits per heavy atom. The first kappa shape index (κ1) is 14.8. The number of aryl methyl sites for hydroxylation is 1. The van der Waals surface area contributed by atoms with E-state index in [2.05, 4.69) is 32.6 Å². The Morgan fingerprint density at radius 3 is 2.68 bits per heavy atom. The van der Waals surface area contributed by atoms with E-state index in [1.165, 1.54) is 6.42 Å². The van der Waals surface area contributed by atoms with Crippen LogP contribution in [0.3, 0.4) is 0 Å². The van der Waals surface area contributed by atoms with Crippen LogP contribution in [0, 0.1) is 11.3 Å². The predicted molar refractivity (Wildman–Crippen MR) is 81.8 cm³/mol. The summed E-state index contributed by atoms with van der Waals surface area (Å²) < 4.78 is 0. The van der Waals surface area contributed by atoms with Gasteiger partial charge in [0.2, 0.25) is 0 Å². The predicted octanol–water partition coefficient (Wildman–Crippen LogP) is 3.46. The van der Waals surface area contributed by atoms with E-state index in [0.29, 0.717) is 5.41 Å². The van der Waals surface area contributed by atoms with Crippen LogP contribution in [-0.2, 0) is 13.0 Å². The maximum Gasteiger partial charge on any atom is 0.185 e. The summed E-state index contributed by atoms with van der Waals surface area (Å²) in [5, 5.41) is 10.5. The Bertz CT molecular complexity index is 422. The molecule has 1 aromatic rings. The Hall–Kier alpha value is -0.610. The van der Waals surface area contributed by atoms with Gasteiger partial charge in [-0.05, 0) is 24.2 Å². The Morgan fingerprint density at radius 2 is 2.16 bits per heavy atom. The van der Waals surface area contributed by atoms with Gasteiger partial charge in [-0.25, -0.2) is 4.98 Å². The van der Waals surface area contributed by atoms with Gasteiger partial charge in [0.05, 0.1) is 17.2 Å². The van der Waals surface area contributed by atoms with Gasteiger partial charge in [-0.2, -0.15) is 0 Å². The molecule has 1 atom stereocenters. The maximum absolute atomic E-state index is 9.43. The molecule has 1 fully saturated rings. The van der Waals surface area contributed by atoms with E-state index in [4.69, 9.17) is 4.98 Å². The first-order valence-electron chi connectivity index (χ1n) is 7.30. The molecule has 0 spiro atoms. The summed E-state index contributed by atoms with van der Waals surface area (Å²) in [4.78, 5) is 8.21. The van der Waals surface area contributed by atoms with Crippen molar-refractivity contribution in [2.45, 2.75) is 53.6 Å². The van der Waals surface area contributed by atoms with Crippen LogP contribution < -0.4 is 4.90 Å². The van der Waals surface area contributed by atoms with Crippen LogP contribution in [-0.4, -0.2) is 23.2 Å². The molecule has 1 unspecified atom stereocenters. The highest BCUT2D eigenvalue weighted by Gasteiger charge is 2.33. The van der Waals surface area contributed by atoms with Crippen LogP contribution in [0.1, 0.15) is 51.1 Å². The summed E-state index contributed by atoms with van der Waals surface area (Å²) in [6.45, 7) is 11.5. The fourth-order valence-corrected chi connectivity index (χ4v) is 3.70. The monoisotopic (exact) mass is 282 g/mol. The van der Waals surface area contributed by atoms with E-state index >= 15 is 0 Å². The van der Waals surface area contributed by atoms with Gasteiger partial charge in [-0.15, -0.1) is 0 Å². The zero-order chi connectivity index (χ0) is 14.0. The van der Waals surface area contributed by atoms with E-state index in [-0.39, 0.29) is 6.61 Å². The first-order valence-corrected chi connectivity index (χ1v) is 8.11. The van der Waals surface area contributed by atoms with Crippen molar-refractivity contribution in [3.63, 3.8) is 0 Å². The smallest absolute Gasteiger partial charge is 0.185 e. The number of aromatic nitrogens is 1. The molecule has 2 rings (SSSR count). The number of aliphatic hydroxyl groups excluding tert-OH is 1. The lowest BCUT2D eigenvalue weighted by Gasteiger charge is -2.26. The number of thiazole rings is 1. The number of nitrogens with zero attached hydrogens (tertiary/aromatic N) is 2. The second-order valence-corrected chi connectivity index (χ2v) is 7.63. The zero-order valence-corrected chi connectivity index (χ0v) is 13.4. The second-order valence-electron chi connectivity index (χ2n) is 6.57. The zero-order valence-electron chi connectivity index (χ0n) is 12.6. The molecular formula is C15H26N2OS. The van der Waals surface area contributed by atoms with Crippen LogP contribution in [0.25, 0.3) is 0 Å². The van der Waals surface area contributed by atoms with Gasteiger partial charge in [0.15, 0.2) is 5.13 Å². The molecule has 19 heavy (non-hydrogen) atoms. The molecule has 4 heteroatoms. The molecule has 0 aromatic carbocycles. The largest absolute Gasteiger partial charge is 0.391 e. The Balaban J connectivity index is 2.11. The molecule has 108 valence electrons. The van der Waals surface area contributed by atoms with Crippen molar-refractivity contribution in [2.24, 2.45) is 11.3 Å². The highest BCUT2D eigenvalue weighted by molar-refractivity contribution is 7.15. The van der Waals surface area contributed by atoms with Crippen molar-refractivity contribution in [2.75, 3.05) is 18.0 Å². The standard InChI is InChI=1S/C15H26N2OS/c1-5-6-12-13(10-18)19-14(16-12)17-8-7-11(9-17)15(2,3)4/h11,18H,5-10H2,1-4H3. The average Bonchev–Trinajstić information content (AvgIpc) is 2.93. The Kier molecular flexibility index (Phi) is 4.51. The van der Waals surface area contributed by atoms with Crippen molar-refractivity contribution in [3.05, 3.63) is 10.6 Å². The van der Waals surface area contributed by atoms with Gasteiger partial charge in [0, 0.05) is 13.1 Å². The van der Waals surface area contributed by atoms with E-state index in [0.717, 1.165) is 47.6 Å². The van der Waals surface area contributed by atoms with Gasteiger partial charge in [0.25, 0.3) is 0 Å². The molecular weight excluding hydrogens is 256 g/mol. The van der Waals surface area contributed by atoms with Crippen molar-refractivity contribution in [3.8, 4) is 0 Å². The molecule has 0 bridgehead atoms. The van der Waals surface area contributed by atoms with Crippen molar-refractivity contribution in [1.29, 1.82) is 0 Å². The van der Waals surface area contributed by atoms with Crippen LogP contribution in [0.4, 0.5) is 5.13 Å². The fraction of sp³-hybridized carbons (Fsp3) is 0.800. The van der Waals surface area contributed by atoms with E-state index < -0.39 is 0 Å². The summed E-state index contributed by atoms with van der Waals surface area (Å²) in [5.41, 5.74) is 1.47. The van der Waals surface area contributed by atoms with Crippen LogP contribution in [0.5, 0.6) is 0 Å². The third-order valence-corrected chi connectivity index (χ3v) is 5.22. The highest BCUT2D eigenvalue weighted by atomic mass is 32.1. The summed E-state index contributed by atoms with van der Waals surface area (Å²) in [5.74, 6) is 0.739. The molecule has 0 aliphatic carbocycles. The SMILES string of the molecule is CCCc1nc(N2CCC(C(C)(C)C)C2)sc1CO. The lowest BCUT2D eigenvalue weighted by atomic mass is 9.80. The highest BCUT2D eigenvalue weighted by Crippen LogP contribution is 2.37. The molecule has 1 aliphatic heterocycles. The first-order chi connectivity index (χ1) is 8.95. The average molecular weight is 282 g/mol. The molecule has 1 aliphatic rings. The van der Waals surface area contributed by atoms with Gasteiger partial charge in [0.1, 0.15) is 0 Å². The summed E-state index contributed by atoms with van der Waals surface area (Å²) in [6.07, 6.45) is 3.31. The molecule has 2 heterocycles. The molecule has 0 amide bonds. The topological polar surface area (TPSA) is 36.4 Å². The van der Waals surface area contributed by atoms with Crippen LogP contribution in [0.2, 0.25) is 0 Å². The van der Waals surface area contributed by atoms with Crippen molar-refractivity contribution >= 4 is 16.5 Å². The molecule has 0 radical (unpaired) electrons. The number of rotatable bonds is 4. The quantitative estimate of drug-likeness (QED) is 0.918. The summed E-state index contributed by atoms with van der Waals surface area (Å²) in [7, 11) is 0. The van der Waals surface area contributed by atoms with Gasteiger partial charge >= 0.3 is 0 Å². The normalized spacial score (nSPS) is 20.3. The number of anilines is 1. The minimum Gasteiger partial charge on any atom is -0.391 e. The van der Waals surface area contributed by atoms with Crippen molar-refractivity contribution in [1.82, 2.24) is 4.98 Å². The second kappa shape index (κ2) is 5.80. The number of aliphatic hydroxyl groups is 1. The van der Waals surface area contributed by atoms with Crippen LogP contribution >= 0.6 is 11.3 Å². The number of hydrogen-bond acceptors (Lipinski definition) is 4. The third-order valence-electron chi connectivity index (χ3n) is 4.08. The van der Waals surface area contributed by atoms with E-state index in [1.807, 2.05) is 0 Å². The third kappa shape index (κ3) is 3.29. The van der Waals surface area contributed by atoms with Gasteiger partial charge in [-0.1, -0.05) is 45.5 Å². The minimum absolute atomic E-state index is 0.129. The minimum atomic E-state index is 0.129.